The molecule has 26 heavy (non-hydrogen) atoms. The third-order valence-electron chi connectivity index (χ3n) is 4.87. The monoisotopic (exact) mass is 348 g/mol. The second-order valence-corrected chi connectivity index (χ2v) is 6.44. The highest BCUT2D eigenvalue weighted by Gasteiger charge is 2.27. The summed E-state index contributed by atoms with van der Waals surface area (Å²) in [5.74, 6) is 0.674. The van der Waals surface area contributed by atoms with Gasteiger partial charge in [-0.05, 0) is 42.7 Å². The lowest BCUT2D eigenvalue weighted by Crippen LogP contribution is -2.24. The summed E-state index contributed by atoms with van der Waals surface area (Å²) in [7, 11) is 0. The number of fused-ring (bicyclic) bond motifs is 1. The minimum absolute atomic E-state index is 0.136. The Morgan fingerprint density at radius 1 is 1.08 bits per heavy atom. The normalized spacial score (nSPS) is 17.3. The average molecular weight is 348 g/mol. The molecule has 6 nitrogen and oxygen atoms in total. The van der Waals surface area contributed by atoms with E-state index < -0.39 is 0 Å². The fraction of sp³-hybridized carbons (Fsp3) is 0.211. The maximum atomic E-state index is 13.7. The van der Waals surface area contributed by atoms with Crippen LogP contribution >= 0.6 is 0 Å². The van der Waals surface area contributed by atoms with Gasteiger partial charge in [0, 0.05) is 25.1 Å². The Kier molecular flexibility index (Phi) is 3.44. The third-order valence-corrected chi connectivity index (χ3v) is 4.87. The molecule has 4 aromatic rings. The SMILES string of the molecule is Fc1cccc([C@H]2CCCN2c2ccn3ncc(-n4cccn4)c3n2)c1. The Morgan fingerprint density at radius 3 is 2.88 bits per heavy atom. The molecule has 1 fully saturated rings. The largest absolute Gasteiger partial charge is 0.349 e. The van der Waals surface area contributed by atoms with Crippen LogP contribution < -0.4 is 4.90 Å². The highest BCUT2D eigenvalue weighted by atomic mass is 19.1. The van der Waals surface area contributed by atoms with Gasteiger partial charge in [-0.2, -0.15) is 10.2 Å². The molecule has 1 aliphatic rings. The van der Waals surface area contributed by atoms with Crippen LogP contribution in [0.5, 0.6) is 0 Å². The second kappa shape index (κ2) is 5.94. The minimum Gasteiger partial charge on any atom is -0.349 e. The van der Waals surface area contributed by atoms with E-state index in [0.29, 0.717) is 0 Å². The van der Waals surface area contributed by atoms with E-state index in [1.807, 2.05) is 30.6 Å². The van der Waals surface area contributed by atoms with E-state index in [4.69, 9.17) is 4.98 Å². The van der Waals surface area contributed by atoms with Crippen molar-refractivity contribution < 1.29 is 4.39 Å². The van der Waals surface area contributed by atoms with Crippen molar-refractivity contribution in [3.05, 3.63) is 72.6 Å². The van der Waals surface area contributed by atoms with Gasteiger partial charge < -0.3 is 4.90 Å². The zero-order valence-corrected chi connectivity index (χ0v) is 14.0. The molecule has 0 unspecified atom stereocenters. The van der Waals surface area contributed by atoms with Crippen molar-refractivity contribution in [1.29, 1.82) is 0 Å². The fourth-order valence-electron chi connectivity index (χ4n) is 3.68. The number of hydrogen-bond acceptors (Lipinski definition) is 4. The Hall–Kier alpha value is -3.22. The first-order valence-electron chi connectivity index (χ1n) is 8.66. The summed E-state index contributed by atoms with van der Waals surface area (Å²) in [6.45, 7) is 0.898. The Labute approximate surface area is 149 Å². The summed E-state index contributed by atoms with van der Waals surface area (Å²) in [5, 5.41) is 8.63. The van der Waals surface area contributed by atoms with Crippen LogP contribution in [0.25, 0.3) is 11.3 Å². The van der Waals surface area contributed by atoms with E-state index in [9.17, 15) is 4.39 Å². The summed E-state index contributed by atoms with van der Waals surface area (Å²) < 4.78 is 17.2. The smallest absolute Gasteiger partial charge is 0.183 e. The molecule has 0 aliphatic carbocycles. The maximum Gasteiger partial charge on any atom is 0.183 e. The van der Waals surface area contributed by atoms with E-state index in [0.717, 1.165) is 42.1 Å². The average Bonchev–Trinajstić information content (AvgIpc) is 3.40. The van der Waals surface area contributed by atoms with Crippen LogP contribution in [0.1, 0.15) is 24.4 Å². The second-order valence-electron chi connectivity index (χ2n) is 6.44. The lowest BCUT2D eigenvalue weighted by molar-refractivity contribution is 0.618. The van der Waals surface area contributed by atoms with Crippen molar-refractivity contribution in [2.45, 2.75) is 18.9 Å². The molecule has 0 spiro atoms. The Morgan fingerprint density at radius 2 is 2.04 bits per heavy atom. The predicted molar refractivity (Wildman–Crippen MR) is 95.8 cm³/mol. The molecule has 0 amide bonds. The molecule has 1 aliphatic heterocycles. The van der Waals surface area contributed by atoms with Crippen molar-refractivity contribution in [3.63, 3.8) is 0 Å². The topological polar surface area (TPSA) is 51.2 Å². The Bertz CT molecular complexity index is 1060. The standard InChI is InChI=1S/C19H17FN6/c20-15-5-1-4-14(12-15)16-6-2-9-24(16)18-7-11-26-19(23-18)17(13-22-26)25-10-3-8-21-25/h1,3-5,7-8,10-13,16H,2,6,9H2/t16-/m1/s1. The molecule has 5 rings (SSSR count). The minimum atomic E-state index is -0.200. The van der Waals surface area contributed by atoms with Crippen LogP contribution in [0.15, 0.2) is 61.2 Å². The summed E-state index contributed by atoms with van der Waals surface area (Å²) in [6, 6.07) is 10.8. The lowest BCUT2D eigenvalue weighted by Gasteiger charge is -2.26. The molecule has 0 radical (unpaired) electrons. The van der Waals surface area contributed by atoms with E-state index in [2.05, 4.69) is 15.1 Å². The number of benzene rings is 1. The van der Waals surface area contributed by atoms with Gasteiger partial charge in [0.15, 0.2) is 5.65 Å². The molecule has 1 atom stereocenters. The zero-order chi connectivity index (χ0) is 17.5. The zero-order valence-electron chi connectivity index (χ0n) is 14.0. The molecule has 1 saturated heterocycles. The first kappa shape index (κ1) is 15.1. The van der Waals surface area contributed by atoms with Crippen molar-refractivity contribution >= 4 is 11.5 Å². The van der Waals surface area contributed by atoms with Gasteiger partial charge in [-0.25, -0.2) is 18.6 Å². The molecule has 0 bridgehead atoms. The molecule has 0 N–H and O–H groups in total. The van der Waals surface area contributed by atoms with Gasteiger partial charge in [0.2, 0.25) is 0 Å². The van der Waals surface area contributed by atoms with Gasteiger partial charge in [-0.1, -0.05) is 12.1 Å². The van der Waals surface area contributed by atoms with Crippen LogP contribution in [0, 0.1) is 5.82 Å². The number of anilines is 1. The quantitative estimate of drug-likeness (QED) is 0.569. The molecule has 130 valence electrons. The number of aromatic nitrogens is 5. The highest BCUT2D eigenvalue weighted by molar-refractivity contribution is 5.61. The van der Waals surface area contributed by atoms with Gasteiger partial charge in [0.25, 0.3) is 0 Å². The summed E-state index contributed by atoms with van der Waals surface area (Å²) >= 11 is 0. The number of rotatable bonds is 3. The molecule has 0 saturated carbocycles. The van der Waals surface area contributed by atoms with Crippen molar-refractivity contribution in [3.8, 4) is 5.69 Å². The highest BCUT2D eigenvalue weighted by Crippen LogP contribution is 2.35. The van der Waals surface area contributed by atoms with Gasteiger partial charge in [-0.3, -0.25) is 0 Å². The van der Waals surface area contributed by atoms with E-state index >= 15 is 0 Å². The molecule has 1 aromatic carbocycles. The van der Waals surface area contributed by atoms with E-state index in [1.165, 1.54) is 6.07 Å². The first-order chi connectivity index (χ1) is 12.8. The van der Waals surface area contributed by atoms with E-state index in [-0.39, 0.29) is 11.9 Å². The molecule has 4 heterocycles. The molecular weight excluding hydrogens is 331 g/mol. The van der Waals surface area contributed by atoms with Crippen molar-refractivity contribution in [2.75, 3.05) is 11.4 Å². The van der Waals surface area contributed by atoms with Crippen molar-refractivity contribution in [2.24, 2.45) is 0 Å². The van der Waals surface area contributed by atoms with Gasteiger partial charge in [0.05, 0.1) is 12.2 Å². The van der Waals surface area contributed by atoms with Crippen LogP contribution in [0.2, 0.25) is 0 Å². The summed E-state index contributed by atoms with van der Waals surface area (Å²) in [4.78, 5) is 7.09. The number of hydrogen-bond donors (Lipinski definition) is 0. The molecule has 7 heteroatoms. The predicted octanol–water partition coefficient (Wildman–Crippen LogP) is 3.40. The van der Waals surface area contributed by atoms with E-state index in [1.54, 1.807) is 33.7 Å². The van der Waals surface area contributed by atoms with Crippen molar-refractivity contribution in [1.82, 2.24) is 24.4 Å². The molecule has 3 aromatic heterocycles. The summed E-state index contributed by atoms with van der Waals surface area (Å²) in [5.41, 5.74) is 2.57. The van der Waals surface area contributed by atoms with Gasteiger partial charge >= 0.3 is 0 Å². The number of nitrogens with zero attached hydrogens (tertiary/aromatic N) is 6. The maximum absolute atomic E-state index is 13.7. The Balaban J connectivity index is 1.57. The lowest BCUT2D eigenvalue weighted by atomic mass is 10.0. The summed E-state index contributed by atoms with van der Waals surface area (Å²) in [6.07, 6.45) is 9.31. The third kappa shape index (κ3) is 2.44. The van der Waals surface area contributed by atoms with Gasteiger partial charge in [0.1, 0.15) is 17.3 Å². The van der Waals surface area contributed by atoms with Crippen LogP contribution in [0.4, 0.5) is 10.2 Å². The fourth-order valence-corrected chi connectivity index (χ4v) is 3.68. The number of halogens is 1. The van der Waals surface area contributed by atoms with Crippen LogP contribution in [-0.4, -0.2) is 30.9 Å². The first-order valence-corrected chi connectivity index (χ1v) is 8.66. The molecular formula is C19H17FN6. The van der Waals surface area contributed by atoms with Crippen LogP contribution in [-0.2, 0) is 0 Å². The van der Waals surface area contributed by atoms with Crippen LogP contribution in [0.3, 0.4) is 0 Å². The van der Waals surface area contributed by atoms with Gasteiger partial charge in [-0.15, -0.1) is 0 Å².